The summed E-state index contributed by atoms with van der Waals surface area (Å²) >= 11 is 6.36. The summed E-state index contributed by atoms with van der Waals surface area (Å²) < 4.78 is 0. The number of nitrogens with zero attached hydrogens (tertiary/aromatic N) is 2. The van der Waals surface area contributed by atoms with Gasteiger partial charge in [0.1, 0.15) is 0 Å². The van der Waals surface area contributed by atoms with Crippen molar-refractivity contribution in [2.45, 2.75) is 30.3 Å². The second kappa shape index (κ2) is 6.19. The number of carbonyl (C=O) groups excluding carboxylic acids is 1. The van der Waals surface area contributed by atoms with Gasteiger partial charge in [-0.2, -0.15) is 0 Å². The molecule has 2 fully saturated rings. The SMILES string of the molecule is CN1CCN(C(=O)C(Cl)N[C@@]2(C)C[C@@H]2c2ccccc2)CC1. The number of likely N-dealkylation sites (N-methyl/N-ethyl adjacent to an activating group) is 1. The van der Waals surface area contributed by atoms with E-state index in [0.29, 0.717) is 5.92 Å². The Morgan fingerprint density at radius 1 is 1.27 bits per heavy atom. The predicted molar refractivity (Wildman–Crippen MR) is 89.1 cm³/mol. The predicted octanol–water partition coefficient (Wildman–Crippen LogP) is 1.86. The number of nitrogens with one attached hydrogen (secondary N) is 1. The Labute approximate surface area is 137 Å². The lowest BCUT2D eigenvalue weighted by atomic mass is 10.1. The summed E-state index contributed by atoms with van der Waals surface area (Å²) in [6.07, 6.45) is 1.02. The first kappa shape index (κ1) is 15.8. The van der Waals surface area contributed by atoms with Crippen molar-refractivity contribution in [2.24, 2.45) is 0 Å². The molecule has 3 rings (SSSR count). The van der Waals surface area contributed by atoms with Crippen molar-refractivity contribution in [2.75, 3.05) is 33.2 Å². The highest BCUT2D eigenvalue weighted by molar-refractivity contribution is 6.30. The van der Waals surface area contributed by atoms with Crippen LogP contribution >= 0.6 is 11.6 Å². The second-order valence-electron chi connectivity index (χ2n) is 6.72. The summed E-state index contributed by atoms with van der Waals surface area (Å²) in [6.45, 7) is 5.51. The molecule has 1 aromatic carbocycles. The third kappa shape index (κ3) is 3.29. The minimum absolute atomic E-state index is 0.00898. The van der Waals surface area contributed by atoms with Crippen LogP contribution in [0.1, 0.15) is 24.8 Å². The van der Waals surface area contributed by atoms with E-state index in [1.807, 2.05) is 11.0 Å². The molecule has 4 nitrogen and oxygen atoms in total. The highest BCUT2D eigenvalue weighted by Crippen LogP contribution is 2.51. The first-order chi connectivity index (χ1) is 10.5. The first-order valence-electron chi connectivity index (χ1n) is 7.94. The van der Waals surface area contributed by atoms with Crippen LogP contribution in [0.2, 0.25) is 0 Å². The molecule has 1 aromatic rings. The van der Waals surface area contributed by atoms with Crippen LogP contribution in [-0.4, -0.2) is 60.0 Å². The molecule has 2 aliphatic rings. The Bertz CT molecular complexity index is 530. The molecule has 5 heteroatoms. The van der Waals surface area contributed by atoms with Crippen LogP contribution in [-0.2, 0) is 4.79 Å². The molecule has 0 spiro atoms. The molecule has 1 saturated carbocycles. The molecule has 22 heavy (non-hydrogen) atoms. The van der Waals surface area contributed by atoms with Crippen molar-refractivity contribution >= 4 is 17.5 Å². The lowest BCUT2D eigenvalue weighted by molar-refractivity contribution is -0.133. The van der Waals surface area contributed by atoms with Crippen LogP contribution in [0.25, 0.3) is 0 Å². The Kier molecular flexibility index (Phi) is 4.44. The van der Waals surface area contributed by atoms with Gasteiger partial charge in [0.25, 0.3) is 5.91 Å². The Hall–Kier alpha value is -1.10. The summed E-state index contributed by atoms with van der Waals surface area (Å²) in [4.78, 5) is 16.6. The zero-order valence-corrected chi connectivity index (χ0v) is 14.0. The molecule has 0 aromatic heterocycles. The van der Waals surface area contributed by atoms with Gasteiger partial charge >= 0.3 is 0 Å². The highest BCUT2D eigenvalue weighted by Gasteiger charge is 2.52. The minimum atomic E-state index is -0.637. The molecule has 1 aliphatic carbocycles. The molecule has 1 amide bonds. The number of carbonyl (C=O) groups is 1. The maximum Gasteiger partial charge on any atom is 0.255 e. The second-order valence-corrected chi connectivity index (χ2v) is 7.16. The fourth-order valence-electron chi connectivity index (χ4n) is 3.23. The van der Waals surface area contributed by atoms with Gasteiger partial charge in [-0.1, -0.05) is 41.9 Å². The fraction of sp³-hybridized carbons (Fsp3) is 0.588. The number of hydrogen-bond donors (Lipinski definition) is 1. The summed E-state index contributed by atoms with van der Waals surface area (Å²) in [5.41, 5.74) is 0.603. The van der Waals surface area contributed by atoms with Crippen LogP contribution in [0.5, 0.6) is 0 Å². The van der Waals surface area contributed by atoms with E-state index < -0.39 is 5.50 Å². The van der Waals surface area contributed by atoms with Gasteiger partial charge in [0.2, 0.25) is 0 Å². The summed E-state index contributed by atoms with van der Waals surface area (Å²) in [6, 6.07) is 10.4. The summed E-state index contributed by atoms with van der Waals surface area (Å²) in [7, 11) is 2.08. The van der Waals surface area contributed by atoms with E-state index in [9.17, 15) is 4.79 Å². The Morgan fingerprint density at radius 2 is 1.91 bits per heavy atom. The molecule has 1 heterocycles. The van der Waals surface area contributed by atoms with E-state index in [4.69, 9.17) is 11.6 Å². The van der Waals surface area contributed by atoms with Gasteiger partial charge < -0.3 is 9.80 Å². The number of halogens is 1. The average molecular weight is 322 g/mol. The quantitative estimate of drug-likeness (QED) is 0.679. The molecular weight excluding hydrogens is 298 g/mol. The standard InChI is InChI=1S/C17H24ClN3O/c1-17(12-14(17)13-6-4-3-5-7-13)19-15(18)16(22)21-10-8-20(2)9-11-21/h3-7,14-15,19H,8-12H2,1-2H3/t14-,15?,17+/m1/s1. The zero-order chi connectivity index (χ0) is 15.7. The summed E-state index contributed by atoms with van der Waals surface area (Å²) in [5.74, 6) is 0.449. The van der Waals surface area contributed by atoms with E-state index >= 15 is 0 Å². The molecule has 1 unspecified atom stereocenters. The first-order valence-corrected chi connectivity index (χ1v) is 8.37. The zero-order valence-electron chi connectivity index (χ0n) is 13.3. The largest absolute Gasteiger partial charge is 0.338 e. The van der Waals surface area contributed by atoms with Crippen LogP contribution in [0, 0.1) is 0 Å². The number of rotatable bonds is 4. The molecule has 3 atom stereocenters. The maximum atomic E-state index is 12.5. The van der Waals surface area contributed by atoms with Gasteiger partial charge in [-0.3, -0.25) is 10.1 Å². The number of alkyl halides is 1. The van der Waals surface area contributed by atoms with Crippen LogP contribution in [0.4, 0.5) is 0 Å². The molecule has 0 bridgehead atoms. The van der Waals surface area contributed by atoms with Crippen LogP contribution in [0.15, 0.2) is 30.3 Å². The van der Waals surface area contributed by atoms with E-state index in [1.54, 1.807) is 0 Å². The molecule has 1 saturated heterocycles. The van der Waals surface area contributed by atoms with Crippen molar-refractivity contribution in [1.82, 2.24) is 15.1 Å². The Morgan fingerprint density at radius 3 is 2.55 bits per heavy atom. The highest BCUT2D eigenvalue weighted by atomic mass is 35.5. The molecule has 1 N–H and O–H groups in total. The van der Waals surface area contributed by atoms with Crippen molar-refractivity contribution < 1.29 is 4.79 Å². The van der Waals surface area contributed by atoms with Crippen molar-refractivity contribution in [1.29, 1.82) is 0 Å². The van der Waals surface area contributed by atoms with Gasteiger partial charge in [-0.15, -0.1) is 0 Å². The van der Waals surface area contributed by atoms with Crippen molar-refractivity contribution in [3.05, 3.63) is 35.9 Å². The van der Waals surface area contributed by atoms with Crippen molar-refractivity contribution in [3.8, 4) is 0 Å². The van der Waals surface area contributed by atoms with Crippen LogP contribution in [0.3, 0.4) is 0 Å². The molecule has 1 aliphatic heterocycles. The van der Waals surface area contributed by atoms with E-state index in [2.05, 4.69) is 48.5 Å². The molecule has 120 valence electrons. The fourth-order valence-corrected chi connectivity index (χ4v) is 3.62. The van der Waals surface area contributed by atoms with E-state index in [-0.39, 0.29) is 11.4 Å². The van der Waals surface area contributed by atoms with Gasteiger partial charge in [0, 0.05) is 37.6 Å². The lowest BCUT2D eigenvalue weighted by Gasteiger charge is -2.34. The maximum absolute atomic E-state index is 12.5. The monoisotopic (exact) mass is 321 g/mol. The van der Waals surface area contributed by atoms with Gasteiger partial charge in [-0.25, -0.2) is 0 Å². The average Bonchev–Trinajstić information content (AvgIpc) is 3.19. The number of hydrogen-bond acceptors (Lipinski definition) is 3. The molecular formula is C17H24ClN3O. The van der Waals surface area contributed by atoms with Gasteiger partial charge in [0.15, 0.2) is 5.50 Å². The number of benzene rings is 1. The van der Waals surface area contributed by atoms with Gasteiger partial charge in [0.05, 0.1) is 0 Å². The normalized spacial score (nSPS) is 30.1. The minimum Gasteiger partial charge on any atom is -0.338 e. The topological polar surface area (TPSA) is 35.6 Å². The third-order valence-electron chi connectivity index (χ3n) is 4.93. The van der Waals surface area contributed by atoms with Crippen LogP contribution < -0.4 is 5.32 Å². The lowest BCUT2D eigenvalue weighted by Crippen LogP contribution is -2.53. The number of amides is 1. The number of piperazine rings is 1. The van der Waals surface area contributed by atoms with E-state index in [1.165, 1.54) is 5.56 Å². The van der Waals surface area contributed by atoms with E-state index in [0.717, 1.165) is 32.6 Å². The van der Waals surface area contributed by atoms with Crippen molar-refractivity contribution in [3.63, 3.8) is 0 Å². The third-order valence-corrected chi connectivity index (χ3v) is 5.22. The summed E-state index contributed by atoms with van der Waals surface area (Å²) in [5, 5.41) is 3.35. The molecule has 0 radical (unpaired) electrons. The van der Waals surface area contributed by atoms with Gasteiger partial charge in [-0.05, 0) is 26.0 Å². The Balaban J connectivity index is 1.56. The smallest absolute Gasteiger partial charge is 0.255 e.